The van der Waals surface area contributed by atoms with Crippen molar-refractivity contribution >= 4 is 31.8 Å². The van der Waals surface area contributed by atoms with Crippen LogP contribution >= 0.6 is 15.9 Å². The first-order valence-electron chi connectivity index (χ1n) is 5.32. The Balaban J connectivity index is 2.29. The third-order valence-electron chi connectivity index (χ3n) is 2.36. The number of benzene rings is 2. The van der Waals surface area contributed by atoms with E-state index >= 15 is 0 Å². The lowest BCUT2D eigenvalue weighted by atomic mass is 10.2. The standard InChI is InChI=1S/C14H11BrO2S/c15-13-6-4-5-12(11-13)9-10-18(16,17)14-7-2-1-3-8-14/h1-11H/b10-9+. The lowest BCUT2D eigenvalue weighted by Gasteiger charge is -1.98. The van der Waals surface area contributed by atoms with Gasteiger partial charge in [0.15, 0.2) is 9.84 Å². The molecule has 0 radical (unpaired) electrons. The lowest BCUT2D eigenvalue weighted by molar-refractivity contribution is 0.605. The predicted molar refractivity (Wildman–Crippen MR) is 76.8 cm³/mol. The summed E-state index contributed by atoms with van der Waals surface area (Å²) in [5.74, 6) is 0. The maximum absolute atomic E-state index is 12.0. The molecule has 0 bridgehead atoms. The highest BCUT2D eigenvalue weighted by Crippen LogP contribution is 2.16. The maximum atomic E-state index is 12.0. The van der Waals surface area contributed by atoms with Gasteiger partial charge < -0.3 is 0 Å². The fraction of sp³-hybridized carbons (Fsp3) is 0. The smallest absolute Gasteiger partial charge is 0.199 e. The third kappa shape index (κ3) is 3.31. The summed E-state index contributed by atoms with van der Waals surface area (Å²) in [6, 6.07) is 15.8. The van der Waals surface area contributed by atoms with Gasteiger partial charge in [-0.15, -0.1) is 0 Å². The summed E-state index contributed by atoms with van der Waals surface area (Å²) >= 11 is 3.34. The maximum Gasteiger partial charge on any atom is 0.199 e. The highest BCUT2D eigenvalue weighted by atomic mass is 79.9. The number of rotatable bonds is 3. The molecular weight excluding hydrogens is 312 g/mol. The normalized spacial score (nSPS) is 11.8. The molecule has 0 N–H and O–H groups in total. The van der Waals surface area contributed by atoms with Crippen LogP contribution in [-0.2, 0) is 9.84 Å². The minimum Gasteiger partial charge on any atom is -0.219 e. The van der Waals surface area contributed by atoms with E-state index in [9.17, 15) is 8.42 Å². The Kier molecular flexibility index (Phi) is 3.99. The van der Waals surface area contributed by atoms with E-state index in [4.69, 9.17) is 0 Å². The molecule has 4 heteroatoms. The topological polar surface area (TPSA) is 34.1 Å². The molecule has 2 rings (SSSR count). The highest BCUT2D eigenvalue weighted by Gasteiger charge is 2.08. The highest BCUT2D eigenvalue weighted by molar-refractivity contribution is 9.10. The van der Waals surface area contributed by atoms with Crippen LogP contribution in [-0.4, -0.2) is 8.42 Å². The van der Waals surface area contributed by atoms with Crippen molar-refractivity contribution in [2.24, 2.45) is 0 Å². The molecule has 2 nitrogen and oxygen atoms in total. The molecule has 0 fully saturated rings. The second-order valence-corrected chi connectivity index (χ2v) is 6.47. The van der Waals surface area contributed by atoms with Crippen LogP contribution in [0.25, 0.3) is 6.08 Å². The molecule has 0 unspecified atom stereocenters. The molecule has 92 valence electrons. The first-order chi connectivity index (χ1) is 8.58. The van der Waals surface area contributed by atoms with Gasteiger partial charge >= 0.3 is 0 Å². The van der Waals surface area contributed by atoms with Gasteiger partial charge in [0.25, 0.3) is 0 Å². The van der Waals surface area contributed by atoms with Crippen molar-refractivity contribution in [2.75, 3.05) is 0 Å². The van der Waals surface area contributed by atoms with E-state index in [1.807, 2.05) is 24.3 Å². The third-order valence-corrected chi connectivity index (χ3v) is 4.28. The minimum absolute atomic E-state index is 0.302. The second kappa shape index (κ2) is 5.50. The fourth-order valence-corrected chi connectivity index (χ4v) is 2.91. The fourth-order valence-electron chi connectivity index (χ4n) is 1.47. The molecule has 0 aliphatic heterocycles. The van der Waals surface area contributed by atoms with Gasteiger partial charge in [0.1, 0.15) is 0 Å². The lowest BCUT2D eigenvalue weighted by Crippen LogP contribution is -1.95. The van der Waals surface area contributed by atoms with Crippen LogP contribution in [0.3, 0.4) is 0 Å². The van der Waals surface area contributed by atoms with E-state index in [1.165, 1.54) is 5.41 Å². The summed E-state index contributed by atoms with van der Waals surface area (Å²) in [6.07, 6.45) is 1.59. The Morgan fingerprint density at radius 3 is 2.33 bits per heavy atom. The summed E-state index contributed by atoms with van der Waals surface area (Å²) < 4.78 is 24.9. The number of hydrogen-bond donors (Lipinski definition) is 0. The van der Waals surface area contributed by atoms with Crippen LogP contribution < -0.4 is 0 Å². The van der Waals surface area contributed by atoms with Crippen molar-refractivity contribution < 1.29 is 8.42 Å². The van der Waals surface area contributed by atoms with Crippen molar-refractivity contribution in [2.45, 2.75) is 4.90 Å². The summed E-state index contributed by atoms with van der Waals surface area (Å²) in [5.41, 5.74) is 0.837. The second-order valence-electron chi connectivity index (χ2n) is 3.72. The van der Waals surface area contributed by atoms with Crippen LogP contribution in [0.5, 0.6) is 0 Å². The van der Waals surface area contributed by atoms with Crippen molar-refractivity contribution in [1.82, 2.24) is 0 Å². The SMILES string of the molecule is O=S(=O)(/C=C/c1cccc(Br)c1)c1ccccc1. The van der Waals surface area contributed by atoms with Crippen LogP contribution in [0, 0.1) is 0 Å². The van der Waals surface area contributed by atoms with Crippen molar-refractivity contribution in [1.29, 1.82) is 0 Å². The van der Waals surface area contributed by atoms with Gasteiger partial charge in [-0.25, -0.2) is 8.42 Å². The van der Waals surface area contributed by atoms with E-state index in [-0.39, 0.29) is 0 Å². The Bertz CT molecular complexity index is 661. The van der Waals surface area contributed by atoms with Crippen LogP contribution in [0.2, 0.25) is 0 Å². The van der Waals surface area contributed by atoms with Crippen molar-refractivity contribution in [3.05, 3.63) is 70.0 Å². The Labute approximate surface area is 115 Å². The molecule has 0 heterocycles. The van der Waals surface area contributed by atoms with Crippen LogP contribution in [0.1, 0.15) is 5.56 Å². The Morgan fingerprint density at radius 1 is 0.944 bits per heavy atom. The van der Waals surface area contributed by atoms with Gasteiger partial charge in [-0.05, 0) is 35.9 Å². The monoisotopic (exact) mass is 322 g/mol. The zero-order chi connectivity index (χ0) is 13.0. The van der Waals surface area contributed by atoms with Crippen LogP contribution in [0.15, 0.2) is 69.4 Å². The number of hydrogen-bond acceptors (Lipinski definition) is 2. The summed E-state index contributed by atoms with van der Waals surface area (Å²) in [7, 11) is -3.37. The van der Waals surface area contributed by atoms with Gasteiger partial charge in [-0.2, -0.15) is 0 Å². The molecule has 0 saturated heterocycles. The molecule has 0 aliphatic carbocycles. The first kappa shape index (κ1) is 13.1. The molecule has 0 saturated carbocycles. The van der Waals surface area contributed by atoms with Gasteiger partial charge in [0, 0.05) is 9.88 Å². The molecule has 0 spiro atoms. The molecule has 0 aromatic heterocycles. The number of sulfone groups is 1. The zero-order valence-electron chi connectivity index (χ0n) is 9.45. The average Bonchev–Trinajstić information content (AvgIpc) is 2.38. The first-order valence-corrected chi connectivity index (χ1v) is 7.66. The van der Waals surface area contributed by atoms with E-state index < -0.39 is 9.84 Å². The Morgan fingerprint density at radius 2 is 1.67 bits per heavy atom. The molecule has 2 aromatic rings. The van der Waals surface area contributed by atoms with Crippen LogP contribution in [0.4, 0.5) is 0 Å². The van der Waals surface area contributed by atoms with E-state index in [1.54, 1.807) is 36.4 Å². The van der Waals surface area contributed by atoms with Crippen molar-refractivity contribution in [3.8, 4) is 0 Å². The minimum atomic E-state index is -3.37. The molecular formula is C14H11BrO2S. The molecule has 0 atom stereocenters. The van der Waals surface area contributed by atoms with Gasteiger partial charge in [-0.3, -0.25) is 0 Å². The quantitative estimate of drug-likeness (QED) is 0.859. The largest absolute Gasteiger partial charge is 0.219 e. The molecule has 0 amide bonds. The van der Waals surface area contributed by atoms with E-state index in [0.29, 0.717) is 4.90 Å². The van der Waals surface area contributed by atoms with E-state index in [2.05, 4.69) is 15.9 Å². The summed E-state index contributed by atoms with van der Waals surface area (Å²) in [4.78, 5) is 0.302. The van der Waals surface area contributed by atoms with Crippen molar-refractivity contribution in [3.63, 3.8) is 0 Å². The Hall–Kier alpha value is -1.39. The van der Waals surface area contributed by atoms with Gasteiger partial charge in [-0.1, -0.05) is 46.3 Å². The average molecular weight is 323 g/mol. The summed E-state index contributed by atoms with van der Waals surface area (Å²) in [5, 5.41) is 1.23. The van der Waals surface area contributed by atoms with E-state index in [0.717, 1.165) is 10.0 Å². The molecule has 2 aromatic carbocycles. The molecule has 0 aliphatic rings. The molecule has 18 heavy (non-hydrogen) atoms. The zero-order valence-corrected chi connectivity index (χ0v) is 11.9. The summed E-state index contributed by atoms with van der Waals surface area (Å²) in [6.45, 7) is 0. The predicted octanol–water partition coefficient (Wildman–Crippen LogP) is 3.89. The van der Waals surface area contributed by atoms with Gasteiger partial charge in [0.05, 0.1) is 4.90 Å². The number of halogens is 1. The van der Waals surface area contributed by atoms with Gasteiger partial charge in [0.2, 0.25) is 0 Å².